The van der Waals surface area contributed by atoms with Crippen LogP contribution in [0.15, 0.2) is 72.8 Å². The van der Waals surface area contributed by atoms with Crippen molar-refractivity contribution in [1.29, 1.82) is 0 Å². The number of carbonyl (C=O) groups excluding carboxylic acids is 2. The van der Waals surface area contributed by atoms with Gasteiger partial charge in [0.15, 0.2) is 0 Å². The third kappa shape index (κ3) is 5.33. The highest BCUT2D eigenvalue weighted by Gasteiger charge is 2.60. The van der Waals surface area contributed by atoms with Gasteiger partial charge in [-0.15, -0.1) is 0 Å². The lowest BCUT2D eigenvalue weighted by molar-refractivity contribution is -0.145. The topological polar surface area (TPSA) is 74.4 Å². The van der Waals surface area contributed by atoms with Gasteiger partial charge in [0.1, 0.15) is 17.1 Å². The summed E-state index contributed by atoms with van der Waals surface area (Å²) < 4.78 is 20.0. The lowest BCUT2D eigenvalue weighted by Crippen LogP contribution is -2.55. The van der Waals surface area contributed by atoms with Crippen LogP contribution in [0.2, 0.25) is 0 Å². The van der Waals surface area contributed by atoms with Crippen LogP contribution in [-0.4, -0.2) is 34.3 Å². The van der Waals surface area contributed by atoms with Crippen molar-refractivity contribution in [3.05, 3.63) is 95.4 Å². The molecule has 0 spiro atoms. The molecule has 5 rings (SSSR count). The van der Waals surface area contributed by atoms with E-state index in [0.717, 1.165) is 11.2 Å². The molecule has 0 radical (unpaired) electrons. The minimum Gasteiger partial charge on any atom is -0.497 e. The Morgan fingerprint density at radius 3 is 2.37 bits per heavy atom. The van der Waals surface area contributed by atoms with Crippen LogP contribution in [-0.2, 0) is 16.1 Å². The summed E-state index contributed by atoms with van der Waals surface area (Å²) in [5.74, 6) is -0.000343. The zero-order valence-corrected chi connectivity index (χ0v) is 24.5. The maximum atomic E-state index is 14.8. The van der Waals surface area contributed by atoms with Crippen LogP contribution in [0.3, 0.4) is 0 Å². The van der Waals surface area contributed by atoms with Crippen LogP contribution in [0.25, 0.3) is 10.9 Å². The smallest absolute Gasteiger partial charge is 0.249 e. The SMILES string of the molecule is COc1ccc(NC(=O)C(C)(C)N(Cc2ccccc2F)C(=O)C[C@H]2[C@@H](c3c(C)[nH]c4ccccc34)C2(C)C)cc1. The molecule has 4 aromatic rings. The Labute approximate surface area is 240 Å². The van der Waals surface area contributed by atoms with E-state index in [1.165, 1.54) is 21.9 Å². The number of H-pyrrole nitrogens is 1. The molecule has 41 heavy (non-hydrogen) atoms. The fourth-order valence-corrected chi connectivity index (χ4v) is 6.17. The van der Waals surface area contributed by atoms with Gasteiger partial charge in [0.25, 0.3) is 0 Å². The maximum absolute atomic E-state index is 14.8. The van der Waals surface area contributed by atoms with Crippen molar-refractivity contribution in [2.45, 2.75) is 59.0 Å². The molecule has 1 aromatic heterocycles. The number of amides is 2. The summed E-state index contributed by atoms with van der Waals surface area (Å²) in [5.41, 5.74) is 3.04. The summed E-state index contributed by atoms with van der Waals surface area (Å²) in [6, 6.07) is 21.6. The van der Waals surface area contributed by atoms with Gasteiger partial charge in [0.2, 0.25) is 11.8 Å². The van der Waals surface area contributed by atoms with Gasteiger partial charge in [-0.3, -0.25) is 9.59 Å². The first-order valence-electron chi connectivity index (χ1n) is 14.0. The van der Waals surface area contributed by atoms with E-state index in [1.807, 2.05) is 12.1 Å². The quantitative estimate of drug-likeness (QED) is 0.229. The number of rotatable bonds is 9. The van der Waals surface area contributed by atoms with Gasteiger partial charge in [-0.25, -0.2) is 4.39 Å². The largest absolute Gasteiger partial charge is 0.497 e. The Kier molecular flexibility index (Phi) is 7.41. The molecule has 0 aliphatic heterocycles. The van der Waals surface area contributed by atoms with E-state index >= 15 is 0 Å². The Balaban J connectivity index is 1.42. The monoisotopic (exact) mass is 555 g/mol. The molecule has 0 bridgehead atoms. The molecule has 2 N–H and O–H groups in total. The number of fused-ring (bicyclic) bond motifs is 1. The second kappa shape index (κ2) is 10.7. The number of ether oxygens (including phenoxy) is 1. The number of carbonyl (C=O) groups is 2. The average molecular weight is 556 g/mol. The number of aryl methyl sites for hydroxylation is 1. The first-order chi connectivity index (χ1) is 19.4. The lowest BCUT2D eigenvalue weighted by Gasteiger charge is -2.38. The number of hydrogen-bond donors (Lipinski definition) is 2. The van der Waals surface area contributed by atoms with Gasteiger partial charge in [0, 0.05) is 40.8 Å². The third-order valence-electron chi connectivity index (χ3n) is 8.87. The zero-order valence-electron chi connectivity index (χ0n) is 24.5. The Hall–Kier alpha value is -4.13. The summed E-state index contributed by atoms with van der Waals surface area (Å²) >= 11 is 0. The summed E-state index contributed by atoms with van der Waals surface area (Å²) in [6.45, 7) is 9.88. The van der Waals surface area contributed by atoms with Gasteiger partial charge in [-0.2, -0.15) is 0 Å². The molecule has 2 amide bonds. The van der Waals surface area contributed by atoms with Gasteiger partial charge >= 0.3 is 0 Å². The lowest BCUT2D eigenvalue weighted by atomic mass is 9.97. The number of anilines is 1. The van der Waals surface area contributed by atoms with Crippen molar-refractivity contribution in [2.75, 3.05) is 12.4 Å². The van der Waals surface area contributed by atoms with E-state index < -0.39 is 11.4 Å². The highest BCUT2D eigenvalue weighted by Crippen LogP contribution is 2.67. The number of aromatic amines is 1. The van der Waals surface area contributed by atoms with Crippen LogP contribution in [0, 0.1) is 24.1 Å². The van der Waals surface area contributed by atoms with E-state index in [9.17, 15) is 14.0 Å². The molecule has 2 atom stereocenters. The molecule has 1 heterocycles. The summed E-state index contributed by atoms with van der Waals surface area (Å²) in [6.07, 6.45) is 0.254. The van der Waals surface area contributed by atoms with Crippen LogP contribution in [0.1, 0.15) is 56.9 Å². The van der Waals surface area contributed by atoms with E-state index in [-0.39, 0.29) is 42.0 Å². The fraction of sp³-hybridized carbons (Fsp3) is 0.353. The predicted molar refractivity (Wildman–Crippen MR) is 160 cm³/mol. The Morgan fingerprint density at radius 2 is 1.68 bits per heavy atom. The van der Waals surface area contributed by atoms with Crippen LogP contribution in [0.5, 0.6) is 5.75 Å². The van der Waals surface area contributed by atoms with Crippen LogP contribution >= 0.6 is 0 Å². The zero-order chi connectivity index (χ0) is 29.5. The predicted octanol–water partition coefficient (Wildman–Crippen LogP) is 7.20. The molecule has 0 saturated heterocycles. The van der Waals surface area contributed by atoms with Gasteiger partial charge in [0.05, 0.1) is 7.11 Å². The second-order valence-electron chi connectivity index (χ2n) is 12.1. The first-order valence-corrected chi connectivity index (χ1v) is 14.0. The molecule has 1 fully saturated rings. The molecule has 7 heteroatoms. The molecule has 3 aromatic carbocycles. The number of aromatic nitrogens is 1. The second-order valence-corrected chi connectivity index (χ2v) is 12.1. The molecule has 1 saturated carbocycles. The highest BCUT2D eigenvalue weighted by atomic mass is 19.1. The van der Waals surface area contributed by atoms with Crippen molar-refractivity contribution in [3.63, 3.8) is 0 Å². The fourth-order valence-electron chi connectivity index (χ4n) is 6.17. The number of hydrogen-bond acceptors (Lipinski definition) is 3. The number of nitrogens with one attached hydrogen (secondary N) is 2. The van der Waals surface area contributed by atoms with Crippen molar-refractivity contribution >= 4 is 28.4 Å². The normalized spacial score (nSPS) is 17.7. The third-order valence-corrected chi connectivity index (χ3v) is 8.87. The molecule has 214 valence electrons. The number of methoxy groups -OCH3 is 1. The Morgan fingerprint density at radius 1 is 1.02 bits per heavy atom. The van der Waals surface area contributed by atoms with Gasteiger partial charge in [-0.05, 0) is 80.0 Å². The van der Waals surface area contributed by atoms with E-state index in [2.05, 4.69) is 43.2 Å². The first kappa shape index (κ1) is 28.4. The standard InChI is InChI=1S/C34H38FN3O3/c1-21-30(25-12-8-10-14-28(25)36-21)31-26(33(31,2)3)19-29(39)38(20-22-11-7-9-13-27(22)35)34(4,5)32(40)37-23-15-17-24(41-6)18-16-23/h7-18,26,31,36H,19-20H2,1-6H3,(H,37,40)/t26-,31-/m0/s1. The number of halogens is 1. The number of benzene rings is 3. The van der Waals surface area contributed by atoms with Crippen molar-refractivity contribution < 1.29 is 18.7 Å². The van der Waals surface area contributed by atoms with Gasteiger partial charge in [-0.1, -0.05) is 50.2 Å². The molecular formula is C34H38FN3O3. The number of nitrogens with zero attached hydrogens (tertiary/aromatic N) is 1. The summed E-state index contributed by atoms with van der Waals surface area (Å²) in [4.78, 5) is 32.8. The summed E-state index contributed by atoms with van der Waals surface area (Å²) in [7, 11) is 1.58. The van der Waals surface area contributed by atoms with Crippen molar-refractivity contribution in [3.8, 4) is 5.75 Å². The van der Waals surface area contributed by atoms with Gasteiger partial charge < -0.3 is 19.9 Å². The van der Waals surface area contributed by atoms with Crippen LogP contribution < -0.4 is 10.1 Å². The van der Waals surface area contributed by atoms with Crippen LogP contribution in [0.4, 0.5) is 10.1 Å². The number of para-hydroxylation sites is 1. The molecule has 1 aliphatic carbocycles. The summed E-state index contributed by atoms with van der Waals surface area (Å²) in [5, 5.41) is 4.11. The molecule has 6 nitrogen and oxygen atoms in total. The maximum Gasteiger partial charge on any atom is 0.249 e. The molecule has 0 unspecified atom stereocenters. The Bertz CT molecular complexity index is 1590. The highest BCUT2D eigenvalue weighted by molar-refractivity contribution is 6.00. The molecule has 1 aliphatic rings. The van der Waals surface area contributed by atoms with E-state index in [4.69, 9.17) is 4.74 Å². The van der Waals surface area contributed by atoms with Crippen molar-refractivity contribution in [1.82, 2.24) is 9.88 Å². The average Bonchev–Trinajstić information content (AvgIpc) is 3.29. The minimum absolute atomic E-state index is 0.0154. The van der Waals surface area contributed by atoms with Crippen molar-refractivity contribution in [2.24, 2.45) is 11.3 Å². The molecular weight excluding hydrogens is 517 g/mol. The van der Waals surface area contributed by atoms with E-state index in [1.54, 1.807) is 63.4 Å². The van der Waals surface area contributed by atoms with E-state index in [0.29, 0.717) is 17.0 Å². The minimum atomic E-state index is -1.26.